The lowest BCUT2D eigenvalue weighted by Crippen LogP contribution is -2.44. The quantitative estimate of drug-likeness (QED) is 0.181. The largest absolute Gasteiger partial charge is 0.387 e. The van der Waals surface area contributed by atoms with Crippen LogP contribution < -0.4 is 10.6 Å². The standard InChI is InChI=1S/C19H29F3N2O2.C11H13N/c1-6-13(17(25)23-11-15(20)18(4,5)26)14(10-12(2)3)24-16-8-7-9-19(16,21)22;1-4-7-12-11-6-5-9(2)8-10(11)3/h6,10,15-16,24,26H,2,7-9,11H2,1,3-5H3,(H,23,25);4-8H,1H2,2-3H3/b13-6+,14-10+;/t15-,16?;/m1./s1. The summed E-state index contributed by atoms with van der Waals surface area (Å²) in [7, 11) is 0. The topological polar surface area (TPSA) is 73.7 Å². The fourth-order valence-corrected chi connectivity index (χ4v) is 3.76. The Kier molecular flexibility index (Phi) is 12.7. The van der Waals surface area contributed by atoms with E-state index in [1.807, 2.05) is 6.07 Å². The Bertz CT molecular complexity index is 1070. The van der Waals surface area contributed by atoms with Gasteiger partial charge in [-0.25, -0.2) is 13.2 Å². The maximum absolute atomic E-state index is 14.0. The van der Waals surface area contributed by atoms with Gasteiger partial charge in [0.15, 0.2) is 0 Å². The zero-order chi connectivity index (χ0) is 29.1. The SMILES string of the molecule is C=C(C)/C=C(NC1CCCC1(F)F)\C(=C/C)C(=O)NC[C@@H](F)C(C)(C)O.C=CC=Nc1ccc(C)cc1C. The van der Waals surface area contributed by atoms with Crippen molar-refractivity contribution >= 4 is 17.8 Å². The van der Waals surface area contributed by atoms with Crippen molar-refractivity contribution in [3.8, 4) is 0 Å². The number of alkyl halides is 3. The van der Waals surface area contributed by atoms with Crippen LogP contribution in [0.5, 0.6) is 0 Å². The second kappa shape index (κ2) is 14.7. The minimum atomic E-state index is -2.85. The number of halogens is 3. The van der Waals surface area contributed by atoms with E-state index in [2.05, 4.69) is 54.8 Å². The normalized spacial score (nSPS) is 18.4. The van der Waals surface area contributed by atoms with Crippen molar-refractivity contribution < 1.29 is 23.1 Å². The molecular formula is C30H42F3N3O2. The Morgan fingerprint density at radius 3 is 2.47 bits per heavy atom. The number of benzene rings is 1. The molecule has 0 heterocycles. The molecule has 8 heteroatoms. The molecule has 1 amide bonds. The zero-order valence-electron chi connectivity index (χ0n) is 23.4. The molecule has 210 valence electrons. The molecule has 38 heavy (non-hydrogen) atoms. The minimum absolute atomic E-state index is 0.124. The van der Waals surface area contributed by atoms with Gasteiger partial charge in [-0.1, -0.05) is 48.6 Å². The van der Waals surface area contributed by atoms with Crippen LogP contribution in [0.25, 0.3) is 0 Å². The van der Waals surface area contributed by atoms with Gasteiger partial charge < -0.3 is 15.7 Å². The summed E-state index contributed by atoms with van der Waals surface area (Å²) in [4.78, 5) is 16.7. The number of aliphatic hydroxyl groups is 1. The van der Waals surface area contributed by atoms with E-state index < -0.39 is 29.6 Å². The van der Waals surface area contributed by atoms with Crippen molar-refractivity contribution in [3.05, 3.63) is 77.6 Å². The maximum Gasteiger partial charge on any atom is 0.267 e. The van der Waals surface area contributed by atoms with Crippen LogP contribution in [-0.4, -0.2) is 47.5 Å². The molecular weight excluding hydrogens is 491 g/mol. The number of allylic oxidation sites excluding steroid dienone is 4. The molecule has 2 atom stereocenters. The molecule has 5 nitrogen and oxygen atoms in total. The molecule has 1 saturated carbocycles. The number of nitrogens with one attached hydrogen (secondary N) is 2. The molecule has 0 radical (unpaired) electrons. The van der Waals surface area contributed by atoms with Gasteiger partial charge in [0.05, 0.1) is 29.4 Å². The number of aliphatic imine (C=N–C) groups is 1. The van der Waals surface area contributed by atoms with Gasteiger partial charge in [-0.2, -0.15) is 0 Å². The molecule has 1 aliphatic carbocycles. The number of hydrogen-bond donors (Lipinski definition) is 3. The van der Waals surface area contributed by atoms with Gasteiger partial charge in [0.2, 0.25) is 0 Å². The smallest absolute Gasteiger partial charge is 0.267 e. The Balaban J connectivity index is 0.000000499. The van der Waals surface area contributed by atoms with Crippen LogP contribution in [0.4, 0.5) is 18.9 Å². The predicted molar refractivity (Wildman–Crippen MR) is 151 cm³/mol. The van der Waals surface area contributed by atoms with E-state index in [1.54, 1.807) is 26.1 Å². The summed E-state index contributed by atoms with van der Waals surface area (Å²) in [6.45, 7) is 16.9. The third-order valence-electron chi connectivity index (χ3n) is 5.94. The lowest BCUT2D eigenvalue weighted by molar-refractivity contribution is -0.118. The van der Waals surface area contributed by atoms with E-state index in [0.29, 0.717) is 18.4 Å². The average Bonchev–Trinajstić information content (AvgIpc) is 3.14. The Hall–Kier alpha value is -3.13. The highest BCUT2D eigenvalue weighted by Crippen LogP contribution is 2.36. The fraction of sp³-hybridized carbons (Fsp3) is 0.467. The average molecular weight is 534 g/mol. The number of aryl methyl sites for hydroxylation is 2. The van der Waals surface area contributed by atoms with Gasteiger partial charge in [-0.15, -0.1) is 0 Å². The maximum atomic E-state index is 14.0. The van der Waals surface area contributed by atoms with E-state index in [4.69, 9.17) is 0 Å². The van der Waals surface area contributed by atoms with Crippen molar-refractivity contribution in [1.82, 2.24) is 10.6 Å². The monoisotopic (exact) mass is 533 g/mol. The molecule has 0 aromatic heterocycles. The molecule has 1 fully saturated rings. The van der Waals surface area contributed by atoms with Gasteiger partial charge in [0.25, 0.3) is 11.8 Å². The first kappa shape index (κ1) is 32.9. The zero-order valence-corrected chi connectivity index (χ0v) is 23.4. The first-order chi connectivity index (χ1) is 17.6. The fourth-order valence-electron chi connectivity index (χ4n) is 3.76. The number of nitrogens with zero attached hydrogens (tertiary/aromatic N) is 1. The van der Waals surface area contributed by atoms with Crippen molar-refractivity contribution in [2.45, 2.75) is 84.5 Å². The van der Waals surface area contributed by atoms with E-state index in [0.717, 1.165) is 5.69 Å². The molecule has 1 unspecified atom stereocenters. The Morgan fingerprint density at radius 2 is 2.00 bits per heavy atom. The predicted octanol–water partition coefficient (Wildman–Crippen LogP) is 6.59. The third kappa shape index (κ3) is 10.7. The molecule has 0 aliphatic heterocycles. The van der Waals surface area contributed by atoms with Crippen molar-refractivity contribution in [2.75, 3.05) is 6.54 Å². The summed E-state index contributed by atoms with van der Waals surface area (Å²) in [5.74, 6) is -3.46. The van der Waals surface area contributed by atoms with Crippen LogP contribution in [0.3, 0.4) is 0 Å². The van der Waals surface area contributed by atoms with Crippen molar-refractivity contribution in [2.24, 2.45) is 4.99 Å². The van der Waals surface area contributed by atoms with Crippen molar-refractivity contribution in [3.63, 3.8) is 0 Å². The molecule has 0 bridgehead atoms. The summed E-state index contributed by atoms with van der Waals surface area (Å²) < 4.78 is 41.8. The molecule has 2 rings (SSSR count). The molecule has 1 aliphatic rings. The van der Waals surface area contributed by atoms with Crippen molar-refractivity contribution in [1.29, 1.82) is 0 Å². The second-order valence-electron chi connectivity index (χ2n) is 10.1. The highest BCUT2D eigenvalue weighted by molar-refractivity contribution is 5.97. The third-order valence-corrected chi connectivity index (χ3v) is 5.94. The Labute approximate surface area is 225 Å². The second-order valence-corrected chi connectivity index (χ2v) is 10.1. The number of carbonyl (C=O) groups is 1. The first-order valence-electron chi connectivity index (χ1n) is 12.7. The van der Waals surface area contributed by atoms with Crippen LogP contribution in [0, 0.1) is 13.8 Å². The highest BCUT2D eigenvalue weighted by atomic mass is 19.3. The number of hydrogen-bond acceptors (Lipinski definition) is 4. The highest BCUT2D eigenvalue weighted by Gasteiger charge is 2.44. The lowest BCUT2D eigenvalue weighted by Gasteiger charge is -2.25. The lowest BCUT2D eigenvalue weighted by atomic mass is 10.0. The van der Waals surface area contributed by atoms with Gasteiger partial charge in [0.1, 0.15) is 6.17 Å². The summed E-state index contributed by atoms with van der Waals surface area (Å²) in [6, 6.07) is 5.13. The number of rotatable bonds is 10. The van der Waals surface area contributed by atoms with E-state index in [9.17, 15) is 23.1 Å². The van der Waals surface area contributed by atoms with Crippen LogP contribution in [-0.2, 0) is 4.79 Å². The molecule has 3 N–H and O–H groups in total. The van der Waals surface area contributed by atoms with Gasteiger partial charge in [-0.3, -0.25) is 9.79 Å². The van der Waals surface area contributed by atoms with Crippen LogP contribution in [0.15, 0.2) is 71.4 Å². The summed E-state index contributed by atoms with van der Waals surface area (Å²) in [5, 5.41) is 14.8. The van der Waals surface area contributed by atoms with Crippen LogP contribution in [0.2, 0.25) is 0 Å². The van der Waals surface area contributed by atoms with E-state index >= 15 is 0 Å². The molecule has 1 aromatic rings. The number of amides is 1. The van der Waals surface area contributed by atoms with E-state index in [-0.39, 0.29) is 24.2 Å². The van der Waals surface area contributed by atoms with Gasteiger partial charge >= 0.3 is 0 Å². The Morgan fingerprint density at radius 1 is 1.34 bits per heavy atom. The molecule has 0 saturated heterocycles. The number of carbonyl (C=O) groups excluding carboxylic acids is 1. The van der Waals surface area contributed by atoms with Crippen LogP contribution in [0.1, 0.15) is 58.1 Å². The van der Waals surface area contributed by atoms with Gasteiger partial charge in [0, 0.05) is 18.3 Å². The molecule has 0 spiro atoms. The summed E-state index contributed by atoms with van der Waals surface area (Å²) in [6.07, 6.45) is 5.22. The van der Waals surface area contributed by atoms with Crippen LogP contribution >= 0.6 is 0 Å². The van der Waals surface area contributed by atoms with Gasteiger partial charge in [-0.05, 0) is 72.1 Å². The summed E-state index contributed by atoms with van der Waals surface area (Å²) in [5.41, 5.74) is 2.82. The first-order valence-corrected chi connectivity index (χ1v) is 12.7. The minimum Gasteiger partial charge on any atom is -0.387 e. The van der Waals surface area contributed by atoms with E-state index in [1.165, 1.54) is 37.1 Å². The molecule has 1 aromatic carbocycles. The summed E-state index contributed by atoms with van der Waals surface area (Å²) >= 11 is 0.